The summed E-state index contributed by atoms with van der Waals surface area (Å²) in [5.41, 5.74) is -0.953. The van der Waals surface area contributed by atoms with Gasteiger partial charge in [-0.1, -0.05) is 13.8 Å². The summed E-state index contributed by atoms with van der Waals surface area (Å²) in [6.45, 7) is 3.05. The second-order valence-electron chi connectivity index (χ2n) is 6.67. The van der Waals surface area contributed by atoms with Gasteiger partial charge in [-0.15, -0.1) is 0 Å². The van der Waals surface area contributed by atoms with Crippen LogP contribution in [0.15, 0.2) is 11.8 Å². The molecule has 1 saturated heterocycles. The summed E-state index contributed by atoms with van der Waals surface area (Å²) in [5.74, 6) is -1.24. The van der Waals surface area contributed by atoms with E-state index in [1.807, 2.05) is 13.8 Å². The SMILES string of the molecule is CC(C)CC(=O)O[C@@H]1OC=C(CO)[C@H]2[C@@H]3O[C@@H]3[C@](O)(CO)[C@@H]12. The molecular weight excluding hydrogens is 292 g/mol. The van der Waals surface area contributed by atoms with Crippen LogP contribution in [-0.2, 0) is 19.0 Å². The van der Waals surface area contributed by atoms with Gasteiger partial charge in [-0.2, -0.15) is 0 Å². The zero-order chi connectivity index (χ0) is 16.1. The lowest BCUT2D eigenvalue weighted by molar-refractivity contribution is -0.220. The first-order chi connectivity index (χ1) is 10.4. The van der Waals surface area contributed by atoms with Crippen molar-refractivity contribution in [3.05, 3.63) is 11.8 Å². The summed E-state index contributed by atoms with van der Waals surface area (Å²) < 4.78 is 16.2. The Morgan fingerprint density at radius 3 is 2.77 bits per heavy atom. The fourth-order valence-electron chi connectivity index (χ4n) is 3.62. The van der Waals surface area contributed by atoms with Crippen LogP contribution in [-0.4, -0.2) is 58.6 Å². The van der Waals surface area contributed by atoms with Gasteiger partial charge in [-0.25, -0.2) is 0 Å². The van der Waals surface area contributed by atoms with Crippen molar-refractivity contribution in [2.75, 3.05) is 13.2 Å². The van der Waals surface area contributed by atoms with Crippen LogP contribution in [0.5, 0.6) is 0 Å². The molecule has 0 bridgehead atoms. The van der Waals surface area contributed by atoms with Gasteiger partial charge in [-0.05, 0) is 11.5 Å². The molecule has 2 heterocycles. The Labute approximate surface area is 128 Å². The maximum atomic E-state index is 11.9. The molecule has 22 heavy (non-hydrogen) atoms. The van der Waals surface area contributed by atoms with E-state index in [1.54, 1.807) is 0 Å². The van der Waals surface area contributed by atoms with E-state index in [4.69, 9.17) is 14.2 Å². The number of ether oxygens (including phenoxy) is 3. The van der Waals surface area contributed by atoms with Crippen molar-refractivity contribution in [2.24, 2.45) is 17.8 Å². The van der Waals surface area contributed by atoms with Gasteiger partial charge < -0.3 is 29.5 Å². The summed E-state index contributed by atoms with van der Waals surface area (Å²) in [4.78, 5) is 11.9. The van der Waals surface area contributed by atoms with Crippen molar-refractivity contribution in [1.82, 2.24) is 0 Å². The van der Waals surface area contributed by atoms with E-state index in [9.17, 15) is 20.1 Å². The van der Waals surface area contributed by atoms with Crippen LogP contribution in [0.1, 0.15) is 20.3 Å². The molecule has 0 aromatic heterocycles. The molecular formula is C15H22O7. The molecule has 6 atom stereocenters. The maximum Gasteiger partial charge on any atom is 0.309 e. The number of epoxide rings is 1. The van der Waals surface area contributed by atoms with E-state index in [0.29, 0.717) is 5.57 Å². The first kappa shape index (κ1) is 15.7. The van der Waals surface area contributed by atoms with E-state index in [0.717, 1.165) is 0 Å². The smallest absolute Gasteiger partial charge is 0.309 e. The number of fused-ring (bicyclic) bond motifs is 3. The molecule has 0 amide bonds. The van der Waals surface area contributed by atoms with Gasteiger partial charge in [0.25, 0.3) is 0 Å². The van der Waals surface area contributed by atoms with Gasteiger partial charge in [0.2, 0.25) is 6.29 Å². The van der Waals surface area contributed by atoms with Crippen LogP contribution in [0.2, 0.25) is 0 Å². The minimum Gasteiger partial charge on any atom is -0.462 e. The van der Waals surface area contributed by atoms with Crippen LogP contribution in [0.3, 0.4) is 0 Å². The second kappa shape index (κ2) is 5.49. The molecule has 3 N–H and O–H groups in total. The van der Waals surface area contributed by atoms with Crippen molar-refractivity contribution in [3.63, 3.8) is 0 Å². The summed E-state index contributed by atoms with van der Waals surface area (Å²) in [6, 6.07) is 0. The molecule has 0 spiro atoms. The normalized spacial score (nSPS) is 42.3. The first-order valence-electron chi connectivity index (χ1n) is 7.55. The van der Waals surface area contributed by atoms with Crippen LogP contribution < -0.4 is 0 Å². The minimum atomic E-state index is -1.53. The summed E-state index contributed by atoms with van der Waals surface area (Å²) in [6.07, 6.45) is -0.170. The average molecular weight is 314 g/mol. The lowest BCUT2D eigenvalue weighted by atomic mass is 9.79. The Hall–Kier alpha value is -1.15. The summed E-state index contributed by atoms with van der Waals surface area (Å²) >= 11 is 0. The van der Waals surface area contributed by atoms with Crippen molar-refractivity contribution >= 4 is 5.97 Å². The van der Waals surface area contributed by atoms with Crippen molar-refractivity contribution in [3.8, 4) is 0 Å². The van der Waals surface area contributed by atoms with E-state index < -0.39 is 36.5 Å². The van der Waals surface area contributed by atoms with E-state index in [1.165, 1.54) is 6.26 Å². The average Bonchev–Trinajstić information content (AvgIpc) is 3.21. The highest BCUT2D eigenvalue weighted by Crippen LogP contribution is 2.58. The number of carbonyl (C=O) groups excluding carboxylic acids is 1. The molecule has 7 heteroatoms. The standard InChI is InChI=1S/C15H22O7/c1-7(2)3-9(18)21-14-11-10(8(4-16)5-20-14)12-13(22-12)15(11,19)6-17/h5,7,10-14,16-17,19H,3-4,6H2,1-2H3/t10-,11-,12+,13+,14+,15+/m1/s1. The Kier molecular flexibility index (Phi) is 3.92. The summed E-state index contributed by atoms with van der Waals surface area (Å²) in [7, 11) is 0. The predicted molar refractivity (Wildman–Crippen MR) is 73.3 cm³/mol. The molecule has 0 aromatic carbocycles. The van der Waals surface area contributed by atoms with Gasteiger partial charge in [-0.3, -0.25) is 4.79 Å². The van der Waals surface area contributed by atoms with Gasteiger partial charge >= 0.3 is 5.97 Å². The number of hydrogen-bond donors (Lipinski definition) is 3. The molecule has 7 nitrogen and oxygen atoms in total. The highest BCUT2D eigenvalue weighted by Gasteiger charge is 2.74. The highest BCUT2D eigenvalue weighted by molar-refractivity contribution is 5.69. The Morgan fingerprint density at radius 1 is 1.45 bits per heavy atom. The molecule has 2 fully saturated rings. The van der Waals surface area contributed by atoms with Crippen LogP contribution >= 0.6 is 0 Å². The molecule has 3 rings (SSSR count). The molecule has 3 aliphatic rings. The maximum absolute atomic E-state index is 11.9. The van der Waals surface area contributed by atoms with Crippen molar-refractivity contribution in [2.45, 2.75) is 44.4 Å². The molecule has 1 aliphatic carbocycles. The Balaban J connectivity index is 1.83. The third-order valence-electron chi connectivity index (χ3n) is 4.67. The lowest BCUT2D eigenvalue weighted by Crippen LogP contribution is -2.53. The third-order valence-corrected chi connectivity index (χ3v) is 4.67. The molecule has 124 valence electrons. The zero-order valence-electron chi connectivity index (χ0n) is 12.6. The topological polar surface area (TPSA) is 109 Å². The monoisotopic (exact) mass is 314 g/mol. The molecule has 0 radical (unpaired) electrons. The Morgan fingerprint density at radius 2 is 2.18 bits per heavy atom. The minimum absolute atomic E-state index is 0.146. The molecule has 2 aliphatic heterocycles. The zero-order valence-corrected chi connectivity index (χ0v) is 12.6. The van der Waals surface area contributed by atoms with Crippen molar-refractivity contribution in [1.29, 1.82) is 0 Å². The largest absolute Gasteiger partial charge is 0.462 e. The van der Waals surface area contributed by atoms with Gasteiger partial charge in [0.05, 0.1) is 31.5 Å². The fourth-order valence-corrected chi connectivity index (χ4v) is 3.62. The lowest BCUT2D eigenvalue weighted by Gasteiger charge is -2.40. The highest BCUT2D eigenvalue weighted by atomic mass is 16.7. The predicted octanol–water partition coefficient (Wildman–Crippen LogP) is -0.455. The quantitative estimate of drug-likeness (QED) is 0.465. The van der Waals surface area contributed by atoms with Gasteiger partial charge in [0.15, 0.2) is 0 Å². The number of rotatable bonds is 5. The van der Waals surface area contributed by atoms with Crippen LogP contribution in [0.4, 0.5) is 0 Å². The molecule has 0 aromatic rings. The van der Waals surface area contributed by atoms with Crippen LogP contribution in [0, 0.1) is 17.8 Å². The number of hydrogen-bond acceptors (Lipinski definition) is 7. The van der Waals surface area contributed by atoms with Crippen molar-refractivity contribution < 1.29 is 34.3 Å². The number of aliphatic hydroxyl groups is 3. The van der Waals surface area contributed by atoms with Gasteiger partial charge in [0, 0.05) is 12.3 Å². The van der Waals surface area contributed by atoms with E-state index in [-0.39, 0.29) is 31.0 Å². The van der Waals surface area contributed by atoms with Gasteiger partial charge in [0.1, 0.15) is 11.7 Å². The first-order valence-corrected chi connectivity index (χ1v) is 7.55. The van der Waals surface area contributed by atoms with Crippen LogP contribution in [0.25, 0.3) is 0 Å². The molecule has 0 unspecified atom stereocenters. The Bertz CT molecular complexity index is 488. The fraction of sp³-hybridized carbons (Fsp3) is 0.800. The van der Waals surface area contributed by atoms with E-state index in [2.05, 4.69) is 0 Å². The number of aliphatic hydroxyl groups excluding tert-OH is 2. The third kappa shape index (κ3) is 2.32. The number of esters is 1. The number of carbonyl (C=O) groups is 1. The second-order valence-corrected chi connectivity index (χ2v) is 6.67. The van der Waals surface area contributed by atoms with E-state index >= 15 is 0 Å². The molecule has 1 saturated carbocycles. The summed E-state index contributed by atoms with van der Waals surface area (Å²) in [5, 5.41) is 29.8.